The monoisotopic (exact) mass is 365 g/mol. The van der Waals surface area contributed by atoms with E-state index in [1.165, 1.54) is 5.56 Å². The zero-order chi connectivity index (χ0) is 14.7. The van der Waals surface area contributed by atoms with Crippen LogP contribution >= 0.6 is 27.5 Å². The summed E-state index contributed by atoms with van der Waals surface area (Å²) in [6.07, 6.45) is 3.77. The first-order valence-corrected chi connectivity index (χ1v) is 8.20. The van der Waals surface area contributed by atoms with Gasteiger partial charge in [-0.25, -0.2) is 0 Å². The number of rotatable bonds is 3. The molecule has 2 aromatic rings. The third-order valence-electron chi connectivity index (χ3n) is 3.80. The van der Waals surface area contributed by atoms with Crippen LogP contribution < -0.4 is 5.32 Å². The highest BCUT2D eigenvalue weighted by molar-refractivity contribution is 9.10. The third kappa shape index (κ3) is 3.64. The molecule has 1 aromatic carbocycles. The Labute approximate surface area is 138 Å². The molecule has 110 valence electrons. The summed E-state index contributed by atoms with van der Waals surface area (Å²) in [5.41, 5.74) is 2.40. The van der Waals surface area contributed by atoms with E-state index >= 15 is 0 Å². The van der Waals surface area contributed by atoms with Gasteiger partial charge in [-0.1, -0.05) is 33.6 Å². The molecular weight excluding hydrogens is 350 g/mol. The first kappa shape index (κ1) is 15.0. The maximum Gasteiger partial charge on any atom is 0.0492 e. The number of benzene rings is 1. The molecule has 5 heteroatoms. The molecule has 0 amide bonds. The Kier molecular flexibility index (Phi) is 4.91. The zero-order valence-electron chi connectivity index (χ0n) is 11.6. The Morgan fingerprint density at radius 1 is 1.38 bits per heavy atom. The second-order valence-corrected chi connectivity index (χ2v) is 6.54. The summed E-state index contributed by atoms with van der Waals surface area (Å²) in [5.74, 6) is 0. The van der Waals surface area contributed by atoms with Crippen molar-refractivity contribution in [2.24, 2.45) is 0 Å². The second-order valence-electron chi connectivity index (χ2n) is 5.21. The molecule has 0 radical (unpaired) electrons. The zero-order valence-corrected chi connectivity index (χ0v) is 13.9. The van der Waals surface area contributed by atoms with Crippen LogP contribution in [0.3, 0.4) is 0 Å². The fourth-order valence-corrected chi connectivity index (χ4v) is 3.31. The molecule has 1 saturated heterocycles. The lowest BCUT2D eigenvalue weighted by Crippen LogP contribution is -2.45. The lowest BCUT2D eigenvalue weighted by molar-refractivity contribution is 0.153. The second kappa shape index (κ2) is 6.88. The predicted molar refractivity (Wildman–Crippen MR) is 89.4 cm³/mol. The molecule has 1 fully saturated rings. The standard InChI is InChI=1S/C16H17BrClN3/c17-14-3-4-15(18)13(8-14)11-21-7-6-20-10-16(21)12-2-1-5-19-9-12/h1-5,8-9,16,20H,6-7,10-11H2. The van der Waals surface area contributed by atoms with Gasteiger partial charge in [-0.3, -0.25) is 9.88 Å². The average Bonchev–Trinajstić information content (AvgIpc) is 2.52. The lowest BCUT2D eigenvalue weighted by atomic mass is 10.0. The molecule has 3 rings (SSSR count). The van der Waals surface area contributed by atoms with Crippen molar-refractivity contribution in [3.05, 3.63) is 63.3 Å². The molecule has 0 aliphatic carbocycles. The van der Waals surface area contributed by atoms with E-state index in [0.29, 0.717) is 6.04 Å². The van der Waals surface area contributed by atoms with Crippen molar-refractivity contribution in [1.29, 1.82) is 0 Å². The van der Waals surface area contributed by atoms with Crippen molar-refractivity contribution in [3.63, 3.8) is 0 Å². The van der Waals surface area contributed by atoms with Crippen LogP contribution in [0.2, 0.25) is 5.02 Å². The summed E-state index contributed by atoms with van der Waals surface area (Å²) in [4.78, 5) is 6.70. The van der Waals surface area contributed by atoms with Crippen molar-refractivity contribution in [3.8, 4) is 0 Å². The highest BCUT2D eigenvalue weighted by Gasteiger charge is 2.24. The SMILES string of the molecule is Clc1ccc(Br)cc1CN1CCNCC1c1cccnc1. The number of halogens is 2. The fraction of sp³-hybridized carbons (Fsp3) is 0.312. The minimum Gasteiger partial charge on any atom is -0.314 e. The van der Waals surface area contributed by atoms with Gasteiger partial charge in [0.25, 0.3) is 0 Å². The Hall–Kier alpha value is -0.940. The van der Waals surface area contributed by atoms with Crippen molar-refractivity contribution in [2.75, 3.05) is 19.6 Å². The number of aromatic nitrogens is 1. The average molecular weight is 367 g/mol. The molecule has 0 spiro atoms. The van der Waals surface area contributed by atoms with Gasteiger partial charge in [0.2, 0.25) is 0 Å². The minimum absolute atomic E-state index is 0.336. The van der Waals surface area contributed by atoms with Crippen LogP contribution in [0.25, 0.3) is 0 Å². The Morgan fingerprint density at radius 3 is 3.10 bits per heavy atom. The van der Waals surface area contributed by atoms with Crippen LogP contribution in [-0.2, 0) is 6.54 Å². The molecule has 1 aliphatic heterocycles. The van der Waals surface area contributed by atoms with Gasteiger partial charge < -0.3 is 5.32 Å². The number of hydrogen-bond donors (Lipinski definition) is 1. The molecular formula is C16H17BrClN3. The summed E-state index contributed by atoms with van der Waals surface area (Å²) >= 11 is 9.86. The number of hydrogen-bond acceptors (Lipinski definition) is 3. The first-order chi connectivity index (χ1) is 10.2. The molecule has 1 atom stereocenters. The van der Waals surface area contributed by atoms with Crippen LogP contribution in [0.5, 0.6) is 0 Å². The maximum atomic E-state index is 6.33. The van der Waals surface area contributed by atoms with Gasteiger partial charge in [0.05, 0.1) is 0 Å². The van der Waals surface area contributed by atoms with Crippen molar-refractivity contribution in [2.45, 2.75) is 12.6 Å². The molecule has 3 nitrogen and oxygen atoms in total. The summed E-state index contributed by atoms with van der Waals surface area (Å²) in [6.45, 7) is 3.79. The number of pyridine rings is 1. The molecule has 0 saturated carbocycles. The Bertz CT molecular complexity index is 606. The highest BCUT2D eigenvalue weighted by Crippen LogP contribution is 2.27. The number of nitrogens with zero attached hydrogens (tertiary/aromatic N) is 2. The van der Waals surface area contributed by atoms with E-state index in [-0.39, 0.29) is 0 Å². The molecule has 2 heterocycles. The lowest BCUT2D eigenvalue weighted by Gasteiger charge is -2.36. The van der Waals surface area contributed by atoms with E-state index in [9.17, 15) is 0 Å². The summed E-state index contributed by atoms with van der Waals surface area (Å²) in [6, 6.07) is 10.5. The molecule has 1 aromatic heterocycles. The van der Waals surface area contributed by atoms with Gasteiger partial charge in [0.15, 0.2) is 0 Å². The van der Waals surface area contributed by atoms with Crippen LogP contribution in [-0.4, -0.2) is 29.5 Å². The van der Waals surface area contributed by atoms with Gasteiger partial charge in [0.1, 0.15) is 0 Å². The van der Waals surface area contributed by atoms with Crippen molar-refractivity contribution in [1.82, 2.24) is 15.2 Å². The normalized spacial score (nSPS) is 19.6. The van der Waals surface area contributed by atoms with Crippen molar-refractivity contribution < 1.29 is 0 Å². The van der Waals surface area contributed by atoms with Crippen molar-refractivity contribution >= 4 is 27.5 Å². The Balaban J connectivity index is 1.83. The minimum atomic E-state index is 0.336. The molecule has 21 heavy (non-hydrogen) atoms. The van der Waals surface area contributed by atoms with Gasteiger partial charge in [-0.05, 0) is 35.4 Å². The largest absolute Gasteiger partial charge is 0.314 e. The van der Waals surface area contributed by atoms with Gasteiger partial charge in [0, 0.05) is 54.1 Å². The topological polar surface area (TPSA) is 28.2 Å². The van der Waals surface area contributed by atoms with Gasteiger partial charge in [-0.15, -0.1) is 0 Å². The Morgan fingerprint density at radius 2 is 2.29 bits per heavy atom. The fourth-order valence-electron chi connectivity index (χ4n) is 2.72. The van der Waals surface area contributed by atoms with E-state index in [2.05, 4.69) is 43.3 Å². The van der Waals surface area contributed by atoms with Crippen LogP contribution in [0, 0.1) is 0 Å². The van der Waals surface area contributed by atoms with E-state index in [1.807, 2.05) is 30.6 Å². The van der Waals surface area contributed by atoms with E-state index in [1.54, 1.807) is 0 Å². The molecule has 0 bridgehead atoms. The third-order valence-corrected chi connectivity index (χ3v) is 4.67. The molecule has 1 unspecified atom stereocenters. The van der Waals surface area contributed by atoms with E-state index in [0.717, 1.165) is 41.2 Å². The van der Waals surface area contributed by atoms with Crippen LogP contribution in [0.15, 0.2) is 47.2 Å². The van der Waals surface area contributed by atoms with E-state index < -0.39 is 0 Å². The molecule has 1 N–H and O–H groups in total. The van der Waals surface area contributed by atoms with Crippen LogP contribution in [0.1, 0.15) is 17.2 Å². The maximum absolute atomic E-state index is 6.33. The number of piperazine rings is 1. The summed E-state index contributed by atoms with van der Waals surface area (Å²) in [7, 11) is 0. The molecule has 1 aliphatic rings. The van der Waals surface area contributed by atoms with Crippen LogP contribution in [0.4, 0.5) is 0 Å². The highest BCUT2D eigenvalue weighted by atomic mass is 79.9. The van der Waals surface area contributed by atoms with E-state index in [4.69, 9.17) is 11.6 Å². The smallest absolute Gasteiger partial charge is 0.0492 e. The predicted octanol–water partition coefficient (Wildman–Crippen LogP) is 3.64. The first-order valence-electron chi connectivity index (χ1n) is 7.02. The van der Waals surface area contributed by atoms with Gasteiger partial charge >= 0.3 is 0 Å². The summed E-state index contributed by atoms with van der Waals surface area (Å²) in [5, 5.41) is 4.28. The van der Waals surface area contributed by atoms with Gasteiger partial charge in [-0.2, -0.15) is 0 Å². The quantitative estimate of drug-likeness (QED) is 0.899. The summed E-state index contributed by atoms with van der Waals surface area (Å²) < 4.78 is 1.06. The number of nitrogens with one attached hydrogen (secondary N) is 1.